The Labute approximate surface area is 172 Å². The van der Waals surface area contributed by atoms with E-state index in [-0.39, 0.29) is 11.9 Å². The van der Waals surface area contributed by atoms with Crippen molar-refractivity contribution < 1.29 is 17.9 Å². The summed E-state index contributed by atoms with van der Waals surface area (Å²) in [6, 6.07) is 14.8. The van der Waals surface area contributed by atoms with Gasteiger partial charge in [0.05, 0.1) is 13.4 Å². The van der Waals surface area contributed by atoms with E-state index in [1.165, 1.54) is 6.26 Å². The molecule has 1 heterocycles. The highest BCUT2D eigenvalue weighted by Gasteiger charge is 2.21. The molecule has 0 bridgehead atoms. The van der Waals surface area contributed by atoms with Crippen molar-refractivity contribution in [2.75, 3.05) is 31.8 Å². The maximum atomic E-state index is 12.4. The van der Waals surface area contributed by atoms with E-state index >= 15 is 0 Å². The lowest BCUT2D eigenvalue weighted by Gasteiger charge is -2.31. The average Bonchev–Trinajstić information content (AvgIpc) is 2.69. The molecule has 0 saturated carbocycles. The fraction of sp³-hybridized carbons (Fsp3) is 0.381. The highest BCUT2D eigenvalue weighted by Crippen LogP contribution is 2.17. The Morgan fingerprint density at radius 1 is 1.07 bits per heavy atom. The molecule has 2 aromatic rings. The number of carbonyl (C=O) groups excluding carboxylic acids is 1. The predicted molar refractivity (Wildman–Crippen MR) is 114 cm³/mol. The number of carbonyl (C=O) groups is 1. The lowest BCUT2D eigenvalue weighted by atomic mass is 10.0. The van der Waals surface area contributed by atoms with Crippen LogP contribution in [0.25, 0.3) is 0 Å². The number of anilines is 1. The van der Waals surface area contributed by atoms with Crippen molar-refractivity contribution in [3.05, 3.63) is 59.7 Å². The Kier molecular flexibility index (Phi) is 6.89. The number of rotatable bonds is 7. The Morgan fingerprint density at radius 2 is 1.69 bits per heavy atom. The number of likely N-dealkylation sites (tertiary alicyclic amines) is 1. The number of methoxy groups -OCH3 is 1. The predicted octanol–water partition coefficient (Wildman–Crippen LogP) is 2.46. The fourth-order valence-corrected chi connectivity index (χ4v) is 4.25. The molecule has 0 unspecified atom stereocenters. The van der Waals surface area contributed by atoms with Crippen LogP contribution in [-0.2, 0) is 16.6 Å². The van der Waals surface area contributed by atoms with E-state index in [4.69, 9.17) is 4.74 Å². The van der Waals surface area contributed by atoms with Crippen LogP contribution in [0.15, 0.2) is 48.5 Å². The van der Waals surface area contributed by atoms with Crippen molar-refractivity contribution in [1.82, 2.24) is 9.62 Å². The summed E-state index contributed by atoms with van der Waals surface area (Å²) in [5.41, 5.74) is 2.44. The van der Waals surface area contributed by atoms with Gasteiger partial charge in [-0.25, -0.2) is 13.1 Å². The van der Waals surface area contributed by atoms with Gasteiger partial charge in [-0.15, -0.1) is 0 Å². The second-order valence-electron chi connectivity index (χ2n) is 7.32. The molecule has 0 radical (unpaired) electrons. The number of sulfonamides is 1. The van der Waals surface area contributed by atoms with Crippen molar-refractivity contribution >= 4 is 21.6 Å². The van der Waals surface area contributed by atoms with Gasteiger partial charge in [0.15, 0.2) is 0 Å². The third kappa shape index (κ3) is 6.56. The number of amides is 1. The maximum Gasteiger partial charge on any atom is 0.255 e. The van der Waals surface area contributed by atoms with Crippen LogP contribution in [0.4, 0.5) is 5.69 Å². The van der Waals surface area contributed by atoms with Gasteiger partial charge in [-0.1, -0.05) is 12.1 Å². The van der Waals surface area contributed by atoms with Crippen molar-refractivity contribution in [2.24, 2.45) is 0 Å². The first-order valence-electron chi connectivity index (χ1n) is 9.56. The smallest absolute Gasteiger partial charge is 0.255 e. The van der Waals surface area contributed by atoms with Crippen LogP contribution in [0, 0.1) is 0 Å². The second kappa shape index (κ2) is 9.39. The van der Waals surface area contributed by atoms with E-state index in [1.807, 2.05) is 24.3 Å². The quantitative estimate of drug-likeness (QED) is 0.723. The first-order valence-corrected chi connectivity index (χ1v) is 11.5. The van der Waals surface area contributed by atoms with Crippen LogP contribution < -0.4 is 14.8 Å². The molecule has 2 N–H and O–H groups in total. The summed E-state index contributed by atoms with van der Waals surface area (Å²) in [7, 11) is -1.55. The molecule has 1 amide bonds. The third-order valence-electron chi connectivity index (χ3n) is 4.94. The SMILES string of the molecule is COc1ccc(NC(=O)c2ccc(CN3CCC(NS(C)(=O)=O)CC3)cc2)cc1. The van der Waals surface area contributed by atoms with Crippen molar-refractivity contribution in [2.45, 2.75) is 25.4 Å². The van der Waals surface area contributed by atoms with Crippen LogP contribution >= 0.6 is 0 Å². The molecule has 2 aromatic carbocycles. The molecule has 1 aliphatic rings. The van der Waals surface area contributed by atoms with Crippen molar-refractivity contribution in [3.63, 3.8) is 0 Å². The summed E-state index contributed by atoms with van der Waals surface area (Å²) in [6.07, 6.45) is 2.80. The number of nitrogens with zero attached hydrogens (tertiary/aromatic N) is 1. The standard InChI is InChI=1S/C21H27N3O4S/c1-28-20-9-7-18(8-10-20)22-21(25)17-5-3-16(4-6-17)15-24-13-11-19(12-14-24)23-29(2,26)27/h3-10,19,23H,11-15H2,1-2H3,(H,22,25). The van der Waals surface area contributed by atoms with Gasteiger partial charge in [0, 0.05) is 36.9 Å². The summed E-state index contributed by atoms with van der Waals surface area (Å²) < 4.78 is 30.5. The molecule has 1 aliphatic heterocycles. The number of benzene rings is 2. The van der Waals surface area contributed by atoms with E-state index in [0.29, 0.717) is 11.3 Å². The largest absolute Gasteiger partial charge is 0.497 e. The van der Waals surface area contributed by atoms with Gasteiger partial charge in [0.25, 0.3) is 5.91 Å². The third-order valence-corrected chi connectivity index (χ3v) is 5.70. The summed E-state index contributed by atoms with van der Waals surface area (Å²) in [5, 5.41) is 2.87. The van der Waals surface area contributed by atoms with Crippen molar-refractivity contribution in [1.29, 1.82) is 0 Å². The second-order valence-corrected chi connectivity index (χ2v) is 9.10. The van der Waals surface area contributed by atoms with E-state index in [2.05, 4.69) is 14.9 Å². The van der Waals surface area contributed by atoms with Crippen LogP contribution in [0.1, 0.15) is 28.8 Å². The normalized spacial score (nSPS) is 15.8. The number of hydrogen-bond acceptors (Lipinski definition) is 5. The molecule has 0 aliphatic carbocycles. The summed E-state index contributed by atoms with van der Waals surface area (Å²) in [6.45, 7) is 2.46. The minimum atomic E-state index is -3.15. The fourth-order valence-electron chi connectivity index (χ4n) is 3.41. The maximum absolute atomic E-state index is 12.4. The van der Waals surface area contributed by atoms with Gasteiger partial charge in [0.1, 0.15) is 5.75 Å². The van der Waals surface area contributed by atoms with E-state index in [0.717, 1.165) is 43.8 Å². The molecule has 0 spiro atoms. The van der Waals surface area contributed by atoms with Crippen LogP contribution in [0.5, 0.6) is 5.75 Å². The van der Waals surface area contributed by atoms with E-state index in [9.17, 15) is 13.2 Å². The molecule has 29 heavy (non-hydrogen) atoms. The van der Waals surface area contributed by atoms with Gasteiger partial charge < -0.3 is 10.1 Å². The first kappa shape index (κ1) is 21.3. The average molecular weight is 418 g/mol. The van der Waals surface area contributed by atoms with E-state index in [1.54, 1.807) is 31.4 Å². The molecule has 1 fully saturated rings. The minimum absolute atomic E-state index is 0.0188. The van der Waals surface area contributed by atoms with Gasteiger partial charge in [-0.05, 0) is 54.8 Å². The summed E-state index contributed by atoms with van der Waals surface area (Å²) in [5.74, 6) is 0.581. The van der Waals surface area contributed by atoms with Crippen molar-refractivity contribution in [3.8, 4) is 5.75 Å². The van der Waals surface area contributed by atoms with E-state index < -0.39 is 10.0 Å². The Hall–Kier alpha value is -2.42. The zero-order valence-electron chi connectivity index (χ0n) is 16.7. The summed E-state index contributed by atoms with van der Waals surface area (Å²) >= 11 is 0. The van der Waals surface area contributed by atoms with Gasteiger partial charge >= 0.3 is 0 Å². The highest BCUT2D eigenvalue weighted by molar-refractivity contribution is 7.88. The molecule has 156 valence electrons. The van der Waals surface area contributed by atoms with Gasteiger partial charge in [-0.3, -0.25) is 9.69 Å². The Balaban J connectivity index is 1.50. The number of piperidine rings is 1. The Bertz CT molecular complexity index is 919. The Morgan fingerprint density at radius 3 is 2.24 bits per heavy atom. The molecule has 0 aromatic heterocycles. The van der Waals surface area contributed by atoms with Crippen LogP contribution in [0.3, 0.4) is 0 Å². The monoisotopic (exact) mass is 417 g/mol. The number of ether oxygens (including phenoxy) is 1. The molecule has 0 atom stereocenters. The molecule has 3 rings (SSSR count). The molecular weight excluding hydrogens is 390 g/mol. The lowest BCUT2D eigenvalue weighted by molar-refractivity contribution is 0.102. The zero-order chi connectivity index (χ0) is 20.9. The van der Waals surface area contributed by atoms with Gasteiger partial charge in [-0.2, -0.15) is 0 Å². The molecular formula is C21H27N3O4S. The molecule has 7 nitrogen and oxygen atoms in total. The summed E-state index contributed by atoms with van der Waals surface area (Å²) in [4.78, 5) is 14.7. The highest BCUT2D eigenvalue weighted by atomic mass is 32.2. The number of hydrogen-bond donors (Lipinski definition) is 2. The zero-order valence-corrected chi connectivity index (χ0v) is 17.5. The minimum Gasteiger partial charge on any atom is -0.497 e. The number of nitrogens with one attached hydrogen (secondary N) is 2. The molecule has 8 heteroatoms. The molecule has 1 saturated heterocycles. The van der Waals surface area contributed by atoms with Crippen LogP contribution in [0.2, 0.25) is 0 Å². The first-order chi connectivity index (χ1) is 13.8. The lowest BCUT2D eigenvalue weighted by Crippen LogP contribution is -2.43. The topological polar surface area (TPSA) is 87.7 Å². The van der Waals surface area contributed by atoms with Gasteiger partial charge in [0.2, 0.25) is 10.0 Å². The van der Waals surface area contributed by atoms with Crippen LogP contribution in [-0.4, -0.2) is 51.7 Å².